The molecule has 1 atom stereocenters. The van der Waals surface area contributed by atoms with Gasteiger partial charge in [-0.25, -0.2) is 4.79 Å². The summed E-state index contributed by atoms with van der Waals surface area (Å²) in [5.74, 6) is -1.72. The van der Waals surface area contributed by atoms with Gasteiger partial charge in [0.1, 0.15) is 23.8 Å². The molecule has 1 N–H and O–H groups in total. The average molecular weight is 414 g/mol. The van der Waals surface area contributed by atoms with Crippen molar-refractivity contribution >= 4 is 23.9 Å². The maximum atomic E-state index is 13.1. The van der Waals surface area contributed by atoms with Crippen LogP contribution in [0.4, 0.5) is 4.79 Å². The van der Waals surface area contributed by atoms with E-state index in [0.29, 0.717) is 0 Å². The van der Waals surface area contributed by atoms with Crippen molar-refractivity contribution in [3.8, 4) is 0 Å². The molecule has 2 amide bonds. The molecule has 9 heteroatoms. The van der Waals surface area contributed by atoms with Gasteiger partial charge in [-0.05, 0) is 61.3 Å². The zero-order valence-corrected chi connectivity index (χ0v) is 18.5. The zero-order valence-electron chi connectivity index (χ0n) is 18.5. The van der Waals surface area contributed by atoms with Gasteiger partial charge in [-0.2, -0.15) is 0 Å². The highest BCUT2D eigenvalue weighted by Crippen LogP contribution is 2.28. The molecule has 0 heterocycles. The van der Waals surface area contributed by atoms with Gasteiger partial charge in [-0.1, -0.05) is 0 Å². The molecule has 0 aliphatic heterocycles. The van der Waals surface area contributed by atoms with E-state index < -0.39 is 41.2 Å². The van der Waals surface area contributed by atoms with Crippen LogP contribution in [0.5, 0.6) is 0 Å². The second-order valence-corrected chi connectivity index (χ2v) is 8.99. The van der Waals surface area contributed by atoms with Crippen LogP contribution in [-0.4, -0.2) is 65.3 Å². The molecule has 0 aromatic rings. The van der Waals surface area contributed by atoms with Gasteiger partial charge < -0.3 is 24.4 Å². The fourth-order valence-electron chi connectivity index (χ4n) is 2.52. The Morgan fingerprint density at radius 2 is 1.52 bits per heavy atom. The molecule has 166 valence electrons. The highest BCUT2D eigenvalue weighted by Gasteiger charge is 2.39. The molecule has 0 unspecified atom stereocenters. The molecule has 29 heavy (non-hydrogen) atoms. The summed E-state index contributed by atoms with van der Waals surface area (Å²) >= 11 is 0. The lowest BCUT2D eigenvalue weighted by Gasteiger charge is -2.28. The smallest absolute Gasteiger partial charge is 0.408 e. The summed E-state index contributed by atoms with van der Waals surface area (Å²) in [6.07, 6.45) is 0.292. The van der Waals surface area contributed by atoms with Crippen LogP contribution in [0.2, 0.25) is 0 Å². The maximum Gasteiger partial charge on any atom is 0.408 e. The van der Waals surface area contributed by atoms with Gasteiger partial charge in [0.25, 0.3) is 0 Å². The monoisotopic (exact) mass is 414 g/mol. The van der Waals surface area contributed by atoms with Crippen LogP contribution in [0.1, 0.15) is 67.7 Å². The predicted molar refractivity (Wildman–Crippen MR) is 105 cm³/mol. The van der Waals surface area contributed by atoms with Gasteiger partial charge in [0.05, 0.1) is 13.0 Å². The Bertz CT molecular complexity index is 585. The van der Waals surface area contributed by atoms with Gasteiger partial charge in [0, 0.05) is 6.04 Å². The second kappa shape index (κ2) is 9.93. The number of carbonyl (C=O) groups is 4. The van der Waals surface area contributed by atoms with E-state index in [1.165, 1.54) is 4.90 Å². The van der Waals surface area contributed by atoms with Crippen molar-refractivity contribution in [1.82, 2.24) is 10.2 Å². The van der Waals surface area contributed by atoms with E-state index in [1.807, 2.05) is 0 Å². The van der Waals surface area contributed by atoms with E-state index in [9.17, 15) is 19.2 Å². The molecule has 1 rings (SSSR count). The van der Waals surface area contributed by atoms with Crippen LogP contribution in [0.3, 0.4) is 0 Å². The van der Waals surface area contributed by atoms with E-state index in [4.69, 9.17) is 14.2 Å². The highest BCUT2D eigenvalue weighted by molar-refractivity contribution is 5.92. The first-order valence-electron chi connectivity index (χ1n) is 9.89. The highest BCUT2D eigenvalue weighted by atomic mass is 16.6. The Kier molecular flexibility index (Phi) is 8.47. The summed E-state index contributed by atoms with van der Waals surface area (Å²) in [6.45, 7) is 11.8. The fraction of sp³-hybridized carbons (Fsp3) is 0.800. The van der Waals surface area contributed by atoms with Gasteiger partial charge in [0.2, 0.25) is 5.91 Å². The van der Waals surface area contributed by atoms with Crippen LogP contribution >= 0.6 is 0 Å². The van der Waals surface area contributed by atoms with Crippen molar-refractivity contribution < 1.29 is 33.4 Å². The summed E-state index contributed by atoms with van der Waals surface area (Å²) in [6, 6.07) is -1.33. The number of hydrogen-bond acceptors (Lipinski definition) is 7. The van der Waals surface area contributed by atoms with Crippen LogP contribution in [0.25, 0.3) is 0 Å². The molecule has 0 bridgehead atoms. The van der Waals surface area contributed by atoms with Gasteiger partial charge in [0.15, 0.2) is 0 Å². The fourth-order valence-corrected chi connectivity index (χ4v) is 2.52. The molecule has 1 saturated carbocycles. The molecule has 0 spiro atoms. The minimum atomic E-state index is -1.21. The lowest BCUT2D eigenvalue weighted by Crippen LogP contribution is -2.52. The van der Waals surface area contributed by atoms with E-state index >= 15 is 0 Å². The number of rotatable bonds is 8. The van der Waals surface area contributed by atoms with Gasteiger partial charge in [-0.15, -0.1) is 0 Å². The molecular formula is C20H34N2O7. The van der Waals surface area contributed by atoms with Crippen LogP contribution < -0.4 is 5.32 Å². The number of nitrogens with one attached hydrogen (secondary N) is 1. The molecule has 1 aliphatic rings. The lowest BCUT2D eigenvalue weighted by atomic mass is 10.1. The number of esters is 2. The van der Waals surface area contributed by atoms with Crippen molar-refractivity contribution in [2.45, 2.75) is 91.0 Å². The SMILES string of the molecule is CCOC(=O)CN(C(=O)[C@H](CC(=O)OC(C)(C)C)NC(=O)OC(C)(C)C)C1CC1. The predicted octanol–water partition coefficient (Wildman–Crippen LogP) is 2.17. The molecule has 9 nitrogen and oxygen atoms in total. The molecule has 0 saturated heterocycles. The largest absolute Gasteiger partial charge is 0.465 e. The Labute approximate surface area is 172 Å². The number of nitrogens with zero attached hydrogens (tertiary/aromatic N) is 1. The number of hydrogen-bond donors (Lipinski definition) is 1. The minimum Gasteiger partial charge on any atom is -0.465 e. The quantitative estimate of drug-likeness (QED) is 0.478. The summed E-state index contributed by atoms with van der Waals surface area (Å²) < 4.78 is 15.4. The summed E-state index contributed by atoms with van der Waals surface area (Å²) in [7, 11) is 0. The van der Waals surface area contributed by atoms with E-state index in [0.717, 1.165) is 12.8 Å². The third kappa shape index (κ3) is 10.1. The first kappa shape index (κ1) is 24.7. The topological polar surface area (TPSA) is 111 Å². The van der Waals surface area contributed by atoms with Crippen molar-refractivity contribution in [1.29, 1.82) is 0 Å². The Balaban J connectivity index is 2.96. The maximum absolute atomic E-state index is 13.1. The average Bonchev–Trinajstić information content (AvgIpc) is 3.32. The summed E-state index contributed by atoms with van der Waals surface area (Å²) in [5.41, 5.74) is -1.51. The van der Waals surface area contributed by atoms with E-state index in [-0.39, 0.29) is 25.6 Å². The Hall–Kier alpha value is -2.32. The van der Waals surface area contributed by atoms with Crippen LogP contribution in [-0.2, 0) is 28.6 Å². The first-order valence-corrected chi connectivity index (χ1v) is 9.89. The third-order valence-corrected chi connectivity index (χ3v) is 3.66. The number of alkyl carbamates (subject to hydrolysis) is 1. The van der Waals surface area contributed by atoms with Crippen LogP contribution in [0, 0.1) is 0 Å². The Morgan fingerprint density at radius 3 is 1.97 bits per heavy atom. The van der Waals surface area contributed by atoms with Gasteiger partial charge in [-0.3, -0.25) is 14.4 Å². The molecule has 1 fully saturated rings. The van der Waals surface area contributed by atoms with Crippen molar-refractivity contribution in [2.75, 3.05) is 13.2 Å². The molecule has 0 aromatic heterocycles. The Morgan fingerprint density at radius 1 is 0.966 bits per heavy atom. The molecular weight excluding hydrogens is 380 g/mol. The first-order chi connectivity index (χ1) is 13.2. The van der Waals surface area contributed by atoms with Crippen molar-refractivity contribution in [2.24, 2.45) is 0 Å². The zero-order chi connectivity index (χ0) is 22.4. The summed E-state index contributed by atoms with van der Waals surface area (Å²) in [5, 5.41) is 2.45. The van der Waals surface area contributed by atoms with Crippen molar-refractivity contribution in [3.05, 3.63) is 0 Å². The van der Waals surface area contributed by atoms with E-state index in [1.54, 1.807) is 48.5 Å². The lowest BCUT2D eigenvalue weighted by molar-refractivity contribution is -0.157. The third-order valence-electron chi connectivity index (χ3n) is 3.66. The number of carbonyl (C=O) groups excluding carboxylic acids is 4. The van der Waals surface area contributed by atoms with Crippen molar-refractivity contribution in [3.63, 3.8) is 0 Å². The molecule has 0 radical (unpaired) electrons. The van der Waals surface area contributed by atoms with E-state index in [2.05, 4.69) is 5.32 Å². The van der Waals surface area contributed by atoms with Gasteiger partial charge >= 0.3 is 18.0 Å². The summed E-state index contributed by atoms with van der Waals surface area (Å²) in [4.78, 5) is 50.9. The molecule has 0 aromatic carbocycles. The number of ether oxygens (including phenoxy) is 3. The standard InChI is InChI=1S/C20H34N2O7/c1-8-27-16(24)12-22(13-9-10-13)17(25)14(11-15(23)28-19(2,3)4)21-18(26)29-20(5,6)7/h13-14H,8-12H2,1-7H3,(H,21,26)/t14-/m0/s1. The second-order valence-electron chi connectivity index (χ2n) is 8.99. The van der Waals surface area contributed by atoms with Crippen LogP contribution in [0.15, 0.2) is 0 Å². The number of amides is 2. The molecule has 1 aliphatic carbocycles. The normalized spacial score (nSPS) is 15.1. The minimum absolute atomic E-state index is 0.117.